The molecule has 1 amide bonds. The molecule has 0 saturated heterocycles. The van der Waals surface area contributed by atoms with E-state index in [9.17, 15) is 4.79 Å². The first kappa shape index (κ1) is 19.5. The molecule has 0 aliphatic heterocycles. The van der Waals surface area contributed by atoms with Crippen molar-refractivity contribution < 1.29 is 9.53 Å². The third kappa shape index (κ3) is 5.89. The molecule has 0 radical (unpaired) electrons. The lowest BCUT2D eigenvalue weighted by Crippen LogP contribution is -2.14. The highest BCUT2D eigenvalue weighted by atomic mass is 79.9. The Labute approximate surface area is 158 Å². The summed E-state index contributed by atoms with van der Waals surface area (Å²) in [7, 11) is 0. The number of ether oxygens (including phenoxy) is 1. The van der Waals surface area contributed by atoms with Crippen LogP contribution in [0.5, 0.6) is 5.75 Å². The molecule has 134 valence electrons. The minimum Gasteiger partial charge on any atom is -0.494 e. The van der Waals surface area contributed by atoms with Crippen LogP contribution in [-0.2, 0) is 16.6 Å². The third-order valence-corrected chi connectivity index (χ3v) is 4.64. The van der Waals surface area contributed by atoms with Gasteiger partial charge < -0.3 is 10.1 Å². The van der Waals surface area contributed by atoms with Gasteiger partial charge in [0.1, 0.15) is 5.75 Å². The Balaban J connectivity index is 1.92. The van der Waals surface area contributed by atoms with Gasteiger partial charge in [-0.05, 0) is 70.1 Å². The van der Waals surface area contributed by atoms with Crippen molar-refractivity contribution in [2.24, 2.45) is 0 Å². The predicted octanol–water partition coefficient (Wildman–Crippen LogP) is 5.72. The number of carbonyl (C=O) groups excluding carboxylic acids is 1. The summed E-state index contributed by atoms with van der Waals surface area (Å²) in [6.07, 6.45) is 1.15. The highest BCUT2D eigenvalue weighted by Crippen LogP contribution is 2.30. The van der Waals surface area contributed by atoms with Crippen LogP contribution in [0.3, 0.4) is 0 Å². The van der Waals surface area contributed by atoms with Gasteiger partial charge in [-0.25, -0.2) is 0 Å². The summed E-state index contributed by atoms with van der Waals surface area (Å²) in [4.78, 5) is 12.2. The molecule has 2 aromatic rings. The number of hydrogen-bond acceptors (Lipinski definition) is 2. The molecule has 0 bridgehead atoms. The van der Waals surface area contributed by atoms with Crippen LogP contribution in [0.2, 0.25) is 0 Å². The molecule has 1 N–H and O–H groups in total. The van der Waals surface area contributed by atoms with E-state index in [0.29, 0.717) is 19.4 Å². The molecular formula is C21H26BrNO2. The monoisotopic (exact) mass is 403 g/mol. The maximum atomic E-state index is 12.2. The molecule has 3 nitrogen and oxygen atoms in total. The average molecular weight is 404 g/mol. The first-order chi connectivity index (χ1) is 11.8. The van der Waals surface area contributed by atoms with Gasteiger partial charge in [-0.1, -0.05) is 39.0 Å². The first-order valence-electron chi connectivity index (χ1n) is 8.61. The smallest absolute Gasteiger partial charge is 0.224 e. The summed E-state index contributed by atoms with van der Waals surface area (Å²) in [5, 5.41) is 2.98. The summed E-state index contributed by atoms with van der Waals surface area (Å²) in [6.45, 7) is 9.13. The molecule has 0 aromatic heterocycles. The summed E-state index contributed by atoms with van der Waals surface area (Å²) >= 11 is 3.56. The van der Waals surface area contributed by atoms with E-state index in [0.717, 1.165) is 21.5 Å². The van der Waals surface area contributed by atoms with E-state index >= 15 is 0 Å². The number of hydrogen-bond donors (Lipinski definition) is 1. The molecule has 0 saturated carbocycles. The van der Waals surface area contributed by atoms with Crippen LogP contribution in [0.4, 0.5) is 5.69 Å². The fraction of sp³-hybridized carbons (Fsp3) is 0.381. The van der Waals surface area contributed by atoms with Gasteiger partial charge in [-0.2, -0.15) is 0 Å². The minimum atomic E-state index is 0.0121. The van der Waals surface area contributed by atoms with Gasteiger partial charge in [-0.15, -0.1) is 0 Å². The number of aryl methyl sites for hydroxylation is 1. The van der Waals surface area contributed by atoms with Gasteiger partial charge in [0.25, 0.3) is 0 Å². The number of rotatable bonds is 6. The zero-order chi connectivity index (χ0) is 18.4. The predicted molar refractivity (Wildman–Crippen MR) is 107 cm³/mol. The Morgan fingerprint density at radius 3 is 2.36 bits per heavy atom. The average Bonchev–Trinajstić information content (AvgIpc) is 2.55. The molecule has 0 heterocycles. The fourth-order valence-corrected chi connectivity index (χ4v) is 2.95. The molecular weight excluding hydrogens is 378 g/mol. The molecule has 4 heteroatoms. The second kappa shape index (κ2) is 8.52. The van der Waals surface area contributed by atoms with E-state index in [2.05, 4.69) is 54.2 Å². The Hall–Kier alpha value is -1.81. The van der Waals surface area contributed by atoms with E-state index in [4.69, 9.17) is 4.74 Å². The van der Waals surface area contributed by atoms with Crippen molar-refractivity contribution in [2.45, 2.75) is 46.0 Å². The van der Waals surface area contributed by atoms with E-state index < -0.39 is 0 Å². The van der Waals surface area contributed by atoms with Crippen LogP contribution < -0.4 is 10.1 Å². The molecule has 2 aromatic carbocycles. The number of anilines is 1. The lowest BCUT2D eigenvalue weighted by atomic mass is 9.87. The highest BCUT2D eigenvalue weighted by molar-refractivity contribution is 9.10. The Bertz CT molecular complexity index is 718. The maximum absolute atomic E-state index is 12.2. The third-order valence-electron chi connectivity index (χ3n) is 3.98. The molecule has 0 spiro atoms. The van der Waals surface area contributed by atoms with Crippen LogP contribution >= 0.6 is 15.9 Å². The van der Waals surface area contributed by atoms with Crippen molar-refractivity contribution in [3.8, 4) is 5.75 Å². The number of amides is 1. The molecule has 0 atom stereocenters. The number of benzene rings is 2. The van der Waals surface area contributed by atoms with Crippen molar-refractivity contribution in [3.63, 3.8) is 0 Å². The standard InChI is InChI=1S/C21H26BrNO2/c1-5-25-17-10-6-15(7-11-17)8-13-20(24)23-19-12-9-16(14-18(19)22)21(2,3)4/h6-7,9-12,14H,5,8,13H2,1-4H3,(H,23,24). The first-order valence-corrected chi connectivity index (χ1v) is 9.40. The second-order valence-electron chi connectivity index (χ2n) is 7.07. The molecule has 0 fully saturated rings. The Kier molecular flexibility index (Phi) is 6.65. The topological polar surface area (TPSA) is 38.3 Å². The lowest BCUT2D eigenvalue weighted by molar-refractivity contribution is -0.116. The number of halogens is 1. The van der Waals surface area contributed by atoms with Crippen LogP contribution in [0.25, 0.3) is 0 Å². The normalized spacial score (nSPS) is 11.2. The largest absolute Gasteiger partial charge is 0.494 e. The Morgan fingerprint density at radius 1 is 1.12 bits per heavy atom. The van der Waals surface area contributed by atoms with E-state index in [1.165, 1.54) is 5.56 Å². The fourth-order valence-electron chi connectivity index (χ4n) is 2.47. The minimum absolute atomic E-state index is 0.0121. The molecule has 0 unspecified atom stereocenters. The van der Waals surface area contributed by atoms with Crippen molar-refractivity contribution >= 4 is 27.5 Å². The summed E-state index contributed by atoms with van der Waals surface area (Å²) in [5.41, 5.74) is 3.25. The van der Waals surface area contributed by atoms with Crippen molar-refractivity contribution in [3.05, 3.63) is 58.1 Å². The van der Waals surface area contributed by atoms with Crippen molar-refractivity contribution in [2.75, 3.05) is 11.9 Å². The van der Waals surface area contributed by atoms with Gasteiger partial charge in [0.05, 0.1) is 12.3 Å². The van der Waals surface area contributed by atoms with Crippen molar-refractivity contribution in [1.82, 2.24) is 0 Å². The SMILES string of the molecule is CCOc1ccc(CCC(=O)Nc2ccc(C(C)(C)C)cc2Br)cc1. The Morgan fingerprint density at radius 2 is 1.80 bits per heavy atom. The van der Waals surface area contributed by atoms with Gasteiger partial charge >= 0.3 is 0 Å². The zero-order valence-corrected chi connectivity index (χ0v) is 16.9. The van der Waals surface area contributed by atoms with E-state index in [1.807, 2.05) is 37.3 Å². The summed E-state index contributed by atoms with van der Waals surface area (Å²) < 4.78 is 6.34. The second-order valence-corrected chi connectivity index (χ2v) is 7.92. The van der Waals surface area contributed by atoms with E-state index in [-0.39, 0.29) is 11.3 Å². The lowest BCUT2D eigenvalue weighted by Gasteiger charge is -2.20. The maximum Gasteiger partial charge on any atom is 0.224 e. The molecule has 25 heavy (non-hydrogen) atoms. The quantitative estimate of drug-likeness (QED) is 0.669. The summed E-state index contributed by atoms with van der Waals surface area (Å²) in [6, 6.07) is 14.0. The highest BCUT2D eigenvalue weighted by Gasteiger charge is 2.15. The number of nitrogens with one attached hydrogen (secondary N) is 1. The zero-order valence-electron chi connectivity index (χ0n) is 15.4. The van der Waals surface area contributed by atoms with Gasteiger partial charge in [0.2, 0.25) is 5.91 Å². The van der Waals surface area contributed by atoms with Crippen LogP contribution in [0, 0.1) is 0 Å². The number of carbonyl (C=O) groups is 1. The van der Waals surface area contributed by atoms with Crippen LogP contribution in [0.15, 0.2) is 46.9 Å². The molecule has 2 rings (SSSR count). The van der Waals surface area contributed by atoms with E-state index in [1.54, 1.807) is 0 Å². The van der Waals surface area contributed by atoms with Crippen LogP contribution in [-0.4, -0.2) is 12.5 Å². The summed E-state index contributed by atoms with van der Waals surface area (Å²) in [5.74, 6) is 0.872. The van der Waals surface area contributed by atoms with Gasteiger partial charge in [-0.3, -0.25) is 4.79 Å². The van der Waals surface area contributed by atoms with Gasteiger partial charge in [0.15, 0.2) is 0 Å². The molecule has 0 aliphatic carbocycles. The molecule has 0 aliphatic rings. The van der Waals surface area contributed by atoms with Gasteiger partial charge in [0, 0.05) is 10.9 Å². The van der Waals surface area contributed by atoms with Crippen molar-refractivity contribution in [1.29, 1.82) is 0 Å². The van der Waals surface area contributed by atoms with Crippen LogP contribution in [0.1, 0.15) is 45.2 Å².